The van der Waals surface area contributed by atoms with E-state index in [0.717, 1.165) is 6.42 Å². The van der Waals surface area contributed by atoms with Crippen LogP contribution in [0.5, 0.6) is 0 Å². The fraction of sp³-hybridized carbons (Fsp3) is 1.00. The minimum Gasteiger partial charge on any atom is -0.396 e. The Bertz CT molecular complexity index is 120. The topological polar surface area (TPSA) is 69.9 Å². The molecule has 0 aliphatic heterocycles. The number of aliphatic hydroxyl groups excluding tert-OH is 3. The second-order valence-corrected chi connectivity index (χ2v) is 3.70. The molecule has 0 rings (SSSR count). The highest BCUT2D eigenvalue weighted by molar-refractivity contribution is 6.18. The van der Waals surface area contributed by atoms with Gasteiger partial charge in [-0.2, -0.15) is 0 Å². The van der Waals surface area contributed by atoms with E-state index in [-0.39, 0.29) is 32.3 Å². The van der Waals surface area contributed by atoms with E-state index < -0.39 is 5.41 Å². The highest BCUT2D eigenvalue weighted by atomic mass is 35.5. The smallest absolute Gasteiger partial charge is 0.0578 e. The molecule has 0 aromatic carbocycles. The zero-order chi connectivity index (χ0) is 10.9. The Balaban J connectivity index is 3.61. The first kappa shape index (κ1) is 14.1. The number of alkyl halides is 1. The Morgan fingerprint density at radius 2 is 1.71 bits per heavy atom. The molecule has 0 aliphatic carbocycles. The van der Waals surface area contributed by atoms with Crippen LogP contribution in [-0.2, 0) is 4.74 Å². The van der Waals surface area contributed by atoms with Crippen LogP contribution >= 0.6 is 11.6 Å². The summed E-state index contributed by atoms with van der Waals surface area (Å²) < 4.78 is 5.26. The van der Waals surface area contributed by atoms with Crippen molar-refractivity contribution >= 4 is 11.6 Å². The third-order valence-electron chi connectivity index (χ3n) is 2.06. The fourth-order valence-electron chi connectivity index (χ4n) is 0.869. The summed E-state index contributed by atoms with van der Waals surface area (Å²) in [6.07, 6.45) is 1.47. The first-order valence-electron chi connectivity index (χ1n) is 4.71. The fourth-order valence-corrected chi connectivity index (χ4v) is 1.12. The van der Waals surface area contributed by atoms with E-state index in [4.69, 9.17) is 31.7 Å². The van der Waals surface area contributed by atoms with Crippen LogP contribution < -0.4 is 0 Å². The lowest BCUT2D eigenvalue weighted by Gasteiger charge is -2.26. The minimum atomic E-state index is -0.735. The van der Waals surface area contributed by atoms with Gasteiger partial charge < -0.3 is 20.1 Å². The van der Waals surface area contributed by atoms with Crippen molar-refractivity contribution in [1.29, 1.82) is 0 Å². The van der Waals surface area contributed by atoms with E-state index in [1.54, 1.807) is 0 Å². The second-order valence-electron chi connectivity index (χ2n) is 3.43. The molecule has 0 aromatic heterocycles. The quantitative estimate of drug-likeness (QED) is 0.382. The van der Waals surface area contributed by atoms with Gasteiger partial charge in [-0.1, -0.05) is 0 Å². The molecule has 0 spiro atoms. The highest BCUT2D eigenvalue weighted by Crippen LogP contribution is 2.18. The molecule has 3 N–H and O–H groups in total. The molecule has 0 unspecified atom stereocenters. The molecule has 86 valence electrons. The van der Waals surface area contributed by atoms with Crippen molar-refractivity contribution in [3.63, 3.8) is 0 Å². The molecule has 0 saturated heterocycles. The molecule has 0 bridgehead atoms. The van der Waals surface area contributed by atoms with Crippen LogP contribution in [0, 0.1) is 5.41 Å². The zero-order valence-electron chi connectivity index (χ0n) is 8.28. The molecule has 0 aliphatic rings. The summed E-state index contributed by atoms with van der Waals surface area (Å²) in [7, 11) is 0. The lowest BCUT2D eigenvalue weighted by Crippen LogP contribution is -2.37. The Kier molecular flexibility index (Phi) is 8.52. The summed E-state index contributed by atoms with van der Waals surface area (Å²) >= 11 is 5.62. The number of hydrogen-bond donors (Lipinski definition) is 3. The van der Waals surface area contributed by atoms with E-state index in [9.17, 15) is 0 Å². The van der Waals surface area contributed by atoms with Gasteiger partial charge >= 0.3 is 0 Å². The average molecular weight is 227 g/mol. The normalized spacial score (nSPS) is 12.0. The van der Waals surface area contributed by atoms with Gasteiger partial charge in [-0.05, 0) is 12.8 Å². The number of ether oxygens (including phenoxy) is 1. The summed E-state index contributed by atoms with van der Waals surface area (Å²) in [6, 6.07) is 0. The first-order valence-corrected chi connectivity index (χ1v) is 5.24. The molecule has 0 atom stereocenters. The van der Waals surface area contributed by atoms with Gasteiger partial charge in [-0.25, -0.2) is 0 Å². The molecular weight excluding hydrogens is 208 g/mol. The molecular formula is C9H19ClO4. The van der Waals surface area contributed by atoms with Gasteiger partial charge in [0, 0.05) is 19.1 Å². The highest BCUT2D eigenvalue weighted by Gasteiger charge is 2.28. The summed E-state index contributed by atoms with van der Waals surface area (Å²) in [4.78, 5) is 0. The molecule has 0 amide bonds. The second kappa shape index (κ2) is 8.44. The third-order valence-corrected chi connectivity index (χ3v) is 2.63. The van der Waals surface area contributed by atoms with Crippen LogP contribution in [0.1, 0.15) is 12.8 Å². The van der Waals surface area contributed by atoms with Crippen LogP contribution in [0.15, 0.2) is 0 Å². The Morgan fingerprint density at radius 1 is 1.07 bits per heavy atom. The van der Waals surface area contributed by atoms with Crippen molar-refractivity contribution < 1.29 is 20.1 Å². The van der Waals surface area contributed by atoms with Crippen molar-refractivity contribution in [3.05, 3.63) is 0 Å². The lowest BCUT2D eigenvalue weighted by atomic mass is 9.94. The van der Waals surface area contributed by atoms with E-state index in [1.165, 1.54) is 0 Å². The summed E-state index contributed by atoms with van der Waals surface area (Å²) in [5, 5.41) is 26.5. The van der Waals surface area contributed by atoms with Gasteiger partial charge in [0.05, 0.1) is 25.2 Å². The van der Waals surface area contributed by atoms with Gasteiger partial charge in [0.2, 0.25) is 0 Å². The molecule has 0 radical (unpaired) electrons. The van der Waals surface area contributed by atoms with Crippen LogP contribution in [0.25, 0.3) is 0 Å². The largest absolute Gasteiger partial charge is 0.396 e. The van der Waals surface area contributed by atoms with Gasteiger partial charge in [-0.3, -0.25) is 0 Å². The van der Waals surface area contributed by atoms with Gasteiger partial charge in [-0.15, -0.1) is 11.6 Å². The predicted octanol–water partition coefficient (Wildman–Crippen LogP) is -0.0147. The lowest BCUT2D eigenvalue weighted by molar-refractivity contribution is -0.0152. The van der Waals surface area contributed by atoms with Gasteiger partial charge in [0.15, 0.2) is 0 Å². The maximum absolute atomic E-state index is 9.01. The minimum absolute atomic E-state index is 0.157. The van der Waals surface area contributed by atoms with Crippen LogP contribution in [0.3, 0.4) is 0 Å². The van der Waals surface area contributed by atoms with Crippen LogP contribution in [0.4, 0.5) is 0 Å². The zero-order valence-corrected chi connectivity index (χ0v) is 9.04. The number of aliphatic hydroxyl groups is 3. The third kappa shape index (κ3) is 5.12. The van der Waals surface area contributed by atoms with E-state index >= 15 is 0 Å². The number of unbranched alkanes of at least 4 members (excludes halogenated alkanes) is 1. The molecule has 0 aromatic rings. The van der Waals surface area contributed by atoms with Crippen LogP contribution in [-0.4, -0.2) is 54.2 Å². The van der Waals surface area contributed by atoms with E-state index in [0.29, 0.717) is 13.0 Å². The Morgan fingerprint density at radius 3 is 2.14 bits per heavy atom. The molecule has 0 saturated carbocycles. The molecule has 0 heterocycles. The summed E-state index contributed by atoms with van der Waals surface area (Å²) in [5.74, 6) is 0.167. The molecule has 4 nitrogen and oxygen atoms in total. The monoisotopic (exact) mass is 226 g/mol. The van der Waals surface area contributed by atoms with Crippen LogP contribution in [0.2, 0.25) is 0 Å². The standard InChI is InChI=1S/C9H19ClO4/c10-5-9(6-12,7-13)8-14-4-2-1-3-11/h11-13H,1-8H2. The SMILES string of the molecule is OCCCCOCC(CO)(CO)CCl. The number of rotatable bonds is 9. The maximum atomic E-state index is 9.01. The van der Waals surface area contributed by atoms with E-state index in [2.05, 4.69) is 0 Å². The van der Waals surface area contributed by atoms with Crippen molar-refractivity contribution in [1.82, 2.24) is 0 Å². The van der Waals surface area contributed by atoms with Crippen molar-refractivity contribution in [2.75, 3.05) is 38.9 Å². The van der Waals surface area contributed by atoms with Gasteiger partial charge in [0.1, 0.15) is 0 Å². The van der Waals surface area contributed by atoms with Crippen molar-refractivity contribution in [2.45, 2.75) is 12.8 Å². The molecule has 14 heavy (non-hydrogen) atoms. The summed E-state index contributed by atoms with van der Waals surface area (Å²) in [6.45, 7) is 0.540. The number of hydrogen-bond acceptors (Lipinski definition) is 4. The van der Waals surface area contributed by atoms with E-state index in [1.807, 2.05) is 0 Å². The first-order chi connectivity index (χ1) is 6.74. The van der Waals surface area contributed by atoms with Crippen molar-refractivity contribution in [3.8, 4) is 0 Å². The van der Waals surface area contributed by atoms with Crippen molar-refractivity contribution in [2.24, 2.45) is 5.41 Å². The Hall–Kier alpha value is 0.130. The maximum Gasteiger partial charge on any atom is 0.0578 e. The van der Waals surface area contributed by atoms with Gasteiger partial charge in [0.25, 0.3) is 0 Å². The Labute approximate surface area is 89.5 Å². The number of halogens is 1. The predicted molar refractivity (Wildman–Crippen MR) is 54.5 cm³/mol. The average Bonchev–Trinajstić information content (AvgIpc) is 2.24. The molecule has 0 fully saturated rings. The summed E-state index contributed by atoms with van der Waals surface area (Å²) in [5.41, 5.74) is -0.735. The molecule has 5 heteroatoms.